The van der Waals surface area contributed by atoms with E-state index in [2.05, 4.69) is 24.9 Å². The molecule has 0 spiro atoms. The predicted molar refractivity (Wildman–Crippen MR) is 50.8 cm³/mol. The van der Waals surface area contributed by atoms with E-state index in [-0.39, 0.29) is 0 Å². The third-order valence-corrected chi connectivity index (χ3v) is 3.39. The van der Waals surface area contributed by atoms with Gasteiger partial charge in [-0.15, -0.1) is 0 Å². The molecule has 1 aliphatic heterocycles. The SMILES string of the molecule is CC1=CCC(N)C2CN(C)CC12. The summed E-state index contributed by atoms with van der Waals surface area (Å²) >= 11 is 0. The third-order valence-electron chi connectivity index (χ3n) is 3.39. The minimum absolute atomic E-state index is 0.406. The maximum Gasteiger partial charge on any atom is 0.0120 e. The number of nitrogens with zero attached hydrogens (tertiary/aromatic N) is 1. The van der Waals surface area contributed by atoms with Crippen molar-refractivity contribution in [3.8, 4) is 0 Å². The highest BCUT2D eigenvalue weighted by Gasteiger charge is 2.37. The summed E-state index contributed by atoms with van der Waals surface area (Å²) in [6.45, 7) is 4.65. The van der Waals surface area contributed by atoms with Crippen molar-refractivity contribution in [1.29, 1.82) is 0 Å². The second-order valence-electron chi connectivity index (χ2n) is 4.34. The Labute approximate surface area is 74.4 Å². The molecule has 0 aromatic carbocycles. The Kier molecular flexibility index (Phi) is 1.97. The molecular weight excluding hydrogens is 148 g/mol. The number of likely N-dealkylation sites (tertiary alicyclic amines) is 1. The molecule has 2 heteroatoms. The van der Waals surface area contributed by atoms with E-state index in [1.165, 1.54) is 13.1 Å². The van der Waals surface area contributed by atoms with Crippen molar-refractivity contribution in [3.05, 3.63) is 11.6 Å². The molecule has 0 saturated carbocycles. The average Bonchev–Trinajstić information content (AvgIpc) is 2.41. The monoisotopic (exact) mass is 166 g/mol. The van der Waals surface area contributed by atoms with Crippen LogP contribution >= 0.6 is 0 Å². The third kappa shape index (κ3) is 1.19. The molecule has 2 N–H and O–H groups in total. The van der Waals surface area contributed by atoms with Crippen molar-refractivity contribution in [2.75, 3.05) is 20.1 Å². The highest BCUT2D eigenvalue weighted by Crippen LogP contribution is 2.35. The molecule has 0 aromatic rings. The first-order valence-corrected chi connectivity index (χ1v) is 4.79. The average molecular weight is 166 g/mol. The predicted octanol–water partition coefficient (Wildman–Crippen LogP) is 0.842. The molecular formula is C10H18N2. The zero-order chi connectivity index (χ0) is 8.72. The summed E-state index contributed by atoms with van der Waals surface area (Å²) in [5, 5.41) is 0. The fourth-order valence-electron chi connectivity index (χ4n) is 2.60. The van der Waals surface area contributed by atoms with Gasteiger partial charge in [0, 0.05) is 19.1 Å². The van der Waals surface area contributed by atoms with E-state index in [0.717, 1.165) is 18.3 Å². The van der Waals surface area contributed by atoms with Crippen LogP contribution < -0.4 is 5.73 Å². The Hall–Kier alpha value is -0.340. The van der Waals surface area contributed by atoms with Crippen molar-refractivity contribution < 1.29 is 0 Å². The van der Waals surface area contributed by atoms with E-state index in [1.807, 2.05) is 0 Å². The standard InChI is InChI=1S/C10H18N2/c1-7-3-4-10(11)9-6-12(2)5-8(7)9/h3,8-10H,4-6,11H2,1-2H3. The Morgan fingerprint density at radius 2 is 2.25 bits per heavy atom. The minimum Gasteiger partial charge on any atom is -0.327 e. The lowest BCUT2D eigenvalue weighted by Crippen LogP contribution is -2.37. The van der Waals surface area contributed by atoms with Gasteiger partial charge < -0.3 is 10.6 Å². The van der Waals surface area contributed by atoms with E-state index in [4.69, 9.17) is 5.73 Å². The van der Waals surface area contributed by atoms with Crippen LogP contribution in [0.25, 0.3) is 0 Å². The quantitative estimate of drug-likeness (QED) is 0.540. The number of hydrogen-bond donors (Lipinski definition) is 1. The van der Waals surface area contributed by atoms with E-state index >= 15 is 0 Å². The molecule has 3 atom stereocenters. The lowest BCUT2D eigenvalue weighted by molar-refractivity contribution is 0.351. The molecule has 0 aromatic heterocycles. The van der Waals surface area contributed by atoms with Gasteiger partial charge in [0.05, 0.1) is 0 Å². The largest absolute Gasteiger partial charge is 0.327 e. The summed E-state index contributed by atoms with van der Waals surface area (Å²) in [7, 11) is 2.19. The van der Waals surface area contributed by atoms with Crippen LogP contribution in [0.1, 0.15) is 13.3 Å². The van der Waals surface area contributed by atoms with E-state index in [9.17, 15) is 0 Å². The van der Waals surface area contributed by atoms with E-state index in [1.54, 1.807) is 5.57 Å². The summed E-state index contributed by atoms with van der Waals surface area (Å²) in [5.74, 6) is 1.47. The molecule has 1 heterocycles. The maximum atomic E-state index is 6.07. The van der Waals surface area contributed by atoms with Crippen LogP contribution in [0, 0.1) is 11.8 Å². The van der Waals surface area contributed by atoms with Crippen molar-refractivity contribution >= 4 is 0 Å². The van der Waals surface area contributed by atoms with Gasteiger partial charge in [0.2, 0.25) is 0 Å². The van der Waals surface area contributed by atoms with Crippen molar-refractivity contribution in [2.24, 2.45) is 17.6 Å². The summed E-state index contributed by atoms with van der Waals surface area (Å²) in [4.78, 5) is 2.40. The Balaban J connectivity index is 2.19. The Morgan fingerprint density at radius 1 is 1.50 bits per heavy atom. The fraction of sp³-hybridized carbons (Fsp3) is 0.800. The molecule has 0 bridgehead atoms. The van der Waals surface area contributed by atoms with Gasteiger partial charge in [-0.3, -0.25) is 0 Å². The second-order valence-corrected chi connectivity index (χ2v) is 4.34. The summed E-state index contributed by atoms with van der Waals surface area (Å²) in [5.41, 5.74) is 7.63. The van der Waals surface area contributed by atoms with Crippen molar-refractivity contribution in [1.82, 2.24) is 4.90 Å². The molecule has 3 unspecified atom stereocenters. The molecule has 1 saturated heterocycles. The first kappa shape index (κ1) is 8.27. The van der Waals surface area contributed by atoms with Gasteiger partial charge in [0.1, 0.15) is 0 Å². The fourth-order valence-corrected chi connectivity index (χ4v) is 2.60. The van der Waals surface area contributed by atoms with Gasteiger partial charge in [-0.25, -0.2) is 0 Å². The van der Waals surface area contributed by atoms with Crippen LogP contribution in [0.3, 0.4) is 0 Å². The zero-order valence-corrected chi connectivity index (χ0v) is 7.96. The van der Waals surface area contributed by atoms with Crippen LogP contribution in [-0.4, -0.2) is 31.1 Å². The van der Waals surface area contributed by atoms with Gasteiger partial charge in [0.15, 0.2) is 0 Å². The number of rotatable bonds is 0. The van der Waals surface area contributed by atoms with Gasteiger partial charge in [-0.05, 0) is 32.2 Å². The van der Waals surface area contributed by atoms with Crippen LogP contribution in [0.15, 0.2) is 11.6 Å². The number of nitrogens with two attached hydrogens (primary N) is 1. The topological polar surface area (TPSA) is 29.3 Å². The van der Waals surface area contributed by atoms with Crippen LogP contribution in [0.5, 0.6) is 0 Å². The molecule has 1 fully saturated rings. The number of fused-ring (bicyclic) bond motifs is 1. The molecule has 2 nitrogen and oxygen atoms in total. The summed E-state index contributed by atoms with van der Waals surface area (Å²) in [6.07, 6.45) is 3.41. The summed E-state index contributed by atoms with van der Waals surface area (Å²) in [6, 6.07) is 0.406. The van der Waals surface area contributed by atoms with Gasteiger partial charge in [-0.1, -0.05) is 11.6 Å². The first-order valence-electron chi connectivity index (χ1n) is 4.79. The van der Waals surface area contributed by atoms with Gasteiger partial charge >= 0.3 is 0 Å². The second kappa shape index (κ2) is 2.86. The Morgan fingerprint density at radius 3 is 2.92 bits per heavy atom. The summed E-state index contributed by atoms with van der Waals surface area (Å²) < 4.78 is 0. The zero-order valence-electron chi connectivity index (χ0n) is 7.96. The lowest BCUT2D eigenvalue weighted by atomic mass is 9.78. The van der Waals surface area contributed by atoms with E-state index in [0.29, 0.717) is 6.04 Å². The smallest absolute Gasteiger partial charge is 0.0120 e. The van der Waals surface area contributed by atoms with Crippen LogP contribution in [-0.2, 0) is 0 Å². The highest BCUT2D eigenvalue weighted by atomic mass is 15.1. The normalized spacial score (nSPS) is 42.6. The Bertz CT molecular complexity index is 210. The minimum atomic E-state index is 0.406. The molecule has 0 radical (unpaired) electrons. The molecule has 12 heavy (non-hydrogen) atoms. The molecule has 2 aliphatic rings. The van der Waals surface area contributed by atoms with Crippen molar-refractivity contribution in [2.45, 2.75) is 19.4 Å². The lowest BCUT2D eigenvalue weighted by Gasteiger charge is -2.29. The van der Waals surface area contributed by atoms with Crippen molar-refractivity contribution in [3.63, 3.8) is 0 Å². The van der Waals surface area contributed by atoms with Crippen LogP contribution in [0.4, 0.5) is 0 Å². The highest BCUT2D eigenvalue weighted by molar-refractivity contribution is 5.15. The molecule has 68 valence electrons. The molecule has 0 amide bonds. The molecule has 2 rings (SSSR count). The van der Waals surface area contributed by atoms with Gasteiger partial charge in [0.25, 0.3) is 0 Å². The molecule has 1 aliphatic carbocycles. The van der Waals surface area contributed by atoms with E-state index < -0.39 is 0 Å². The van der Waals surface area contributed by atoms with Gasteiger partial charge in [-0.2, -0.15) is 0 Å². The first-order chi connectivity index (χ1) is 5.68. The number of hydrogen-bond acceptors (Lipinski definition) is 2. The van der Waals surface area contributed by atoms with Crippen LogP contribution in [0.2, 0.25) is 0 Å². The maximum absolute atomic E-state index is 6.07.